The van der Waals surface area contributed by atoms with Crippen molar-refractivity contribution in [3.8, 4) is 5.75 Å². The highest BCUT2D eigenvalue weighted by molar-refractivity contribution is 6.30. The Bertz CT molecular complexity index is 716. The molecular weight excluding hydrogens is 356 g/mol. The van der Waals surface area contributed by atoms with Crippen LogP contribution < -0.4 is 10.1 Å². The van der Waals surface area contributed by atoms with Crippen LogP contribution in [0.1, 0.15) is 45.4 Å². The molecule has 4 aliphatic carbocycles. The maximum absolute atomic E-state index is 12.7. The number of nitrogens with one attached hydrogen (secondary N) is 1. The van der Waals surface area contributed by atoms with Crippen LogP contribution in [0.2, 0.25) is 5.02 Å². The topological polar surface area (TPSA) is 81.5 Å². The third kappa shape index (κ3) is 3.27. The number of hydrogen-bond acceptors (Lipinski definition) is 4. The number of amides is 1. The first-order valence-electron chi connectivity index (χ1n) is 9.26. The predicted octanol–water partition coefficient (Wildman–Crippen LogP) is 4.10. The van der Waals surface area contributed by atoms with Gasteiger partial charge in [0.2, 0.25) is 0 Å². The van der Waals surface area contributed by atoms with E-state index in [1.165, 1.54) is 37.5 Å². The molecule has 4 aliphatic rings. The van der Waals surface area contributed by atoms with Gasteiger partial charge in [-0.1, -0.05) is 11.6 Å². The molecule has 1 amide bonds. The Labute approximate surface area is 157 Å². The molecule has 1 aromatic rings. The van der Waals surface area contributed by atoms with Crippen molar-refractivity contribution in [2.75, 3.05) is 0 Å². The number of hydrogen-bond donors (Lipinski definition) is 1. The van der Waals surface area contributed by atoms with Gasteiger partial charge < -0.3 is 10.1 Å². The van der Waals surface area contributed by atoms with Crippen molar-refractivity contribution in [1.29, 1.82) is 0 Å². The fourth-order valence-corrected chi connectivity index (χ4v) is 5.77. The zero-order valence-electron chi connectivity index (χ0n) is 14.7. The van der Waals surface area contributed by atoms with Gasteiger partial charge in [0.1, 0.15) is 0 Å². The molecule has 1 aromatic carbocycles. The summed E-state index contributed by atoms with van der Waals surface area (Å²) in [6.45, 7) is 1.63. The SMILES string of the molecule is C[C@H](Oc1ccc(Cl)cc1[N+](=O)[O-])C(=O)NC12CC3CC(CC(C3)C1)C2. The summed E-state index contributed by atoms with van der Waals surface area (Å²) in [6.07, 6.45) is 6.27. The van der Waals surface area contributed by atoms with Crippen molar-refractivity contribution in [1.82, 2.24) is 5.32 Å². The maximum atomic E-state index is 12.7. The number of carbonyl (C=O) groups excluding carboxylic acids is 1. The van der Waals surface area contributed by atoms with Crippen LogP contribution in [-0.4, -0.2) is 22.5 Å². The summed E-state index contributed by atoms with van der Waals surface area (Å²) in [5.41, 5.74) is -0.331. The Kier molecular flexibility index (Phi) is 4.34. The fraction of sp³-hybridized carbons (Fsp3) is 0.632. The van der Waals surface area contributed by atoms with E-state index in [9.17, 15) is 14.9 Å². The minimum Gasteiger partial charge on any atom is -0.474 e. The maximum Gasteiger partial charge on any atom is 0.312 e. The second-order valence-electron chi connectivity index (χ2n) is 8.32. The van der Waals surface area contributed by atoms with E-state index >= 15 is 0 Å². The van der Waals surface area contributed by atoms with Crippen molar-refractivity contribution in [3.63, 3.8) is 0 Å². The molecule has 0 radical (unpaired) electrons. The molecule has 0 aliphatic heterocycles. The Hall–Kier alpha value is -1.82. The lowest BCUT2D eigenvalue weighted by atomic mass is 9.53. The summed E-state index contributed by atoms with van der Waals surface area (Å²) < 4.78 is 5.63. The Morgan fingerprint density at radius 3 is 2.38 bits per heavy atom. The van der Waals surface area contributed by atoms with Crippen molar-refractivity contribution in [2.24, 2.45) is 17.8 Å². The number of rotatable bonds is 5. The molecular formula is C19H23ClN2O4. The van der Waals surface area contributed by atoms with Gasteiger partial charge in [0.15, 0.2) is 11.9 Å². The van der Waals surface area contributed by atoms with Crippen LogP contribution in [-0.2, 0) is 4.79 Å². The minimum absolute atomic E-state index is 0.0626. The lowest BCUT2D eigenvalue weighted by Gasteiger charge is -2.57. The summed E-state index contributed by atoms with van der Waals surface area (Å²) >= 11 is 5.82. The van der Waals surface area contributed by atoms with Gasteiger partial charge in [-0.3, -0.25) is 14.9 Å². The molecule has 4 saturated carbocycles. The average Bonchev–Trinajstić information content (AvgIpc) is 2.54. The van der Waals surface area contributed by atoms with Gasteiger partial charge in [-0.05, 0) is 75.3 Å². The fourth-order valence-electron chi connectivity index (χ4n) is 5.60. The summed E-state index contributed by atoms with van der Waals surface area (Å²) in [6, 6.07) is 4.20. The summed E-state index contributed by atoms with van der Waals surface area (Å²) in [5.74, 6) is 2.06. The van der Waals surface area contributed by atoms with Crippen LogP contribution >= 0.6 is 11.6 Å². The normalized spacial score (nSPS) is 32.9. The van der Waals surface area contributed by atoms with Crippen LogP contribution in [0.25, 0.3) is 0 Å². The molecule has 0 aromatic heterocycles. The molecule has 7 heteroatoms. The first-order chi connectivity index (χ1) is 12.3. The van der Waals surface area contributed by atoms with E-state index in [1.807, 2.05) is 0 Å². The molecule has 1 atom stereocenters. The van der Waals surface area contributed by atoms with Crippen molar-refractivity contribution in [2.45, 2.75) is 57.1 Å². The molecule has 1 N–H and O–H groups in total. The van der Waals surface area contributed by atoms with Gasteiger partial charge in [0.25, 0.3) is 5.91 Å². The van der Waals surface area contributed by atoms with Crippen LogP contribution in [0.4, 0.5) is 5.69 Å². The number of halogens is 1. The number of benzene rings is 1. The smallest absolute Gasteiger partial charge is 0.312 e. The first-order valence-corrected chi connectivity index (χ1v) is 9.64. The molecule has 0 saturated heterocycles. The highest BCUT2D eigenvalue weighted by atomic mass is 35.5. The van der Waals surface area contributed by atoms with Gasteiger partial charge in [-0.25, -0.2) is 0 Å². The van der Waals surface area contributed by atoms with E-state index in [0.29, 0.717) is 0 Å². The minimum atomic E-state index is -0.803. The quantitative estimate of drug-likeness (QED) is 0.617. The van der Waals surface area contributed by atoms with Gasteiger partial charge in [0, 0.05) is 16.6 Å². The summed E-state index contributed by atoms with van der Waals surface area (Å²) in [7, 11) is 0. The third-order valence-electron chi connectivity index (χ3n) is 6.22. The van der Waals surface area contributed by atoms with Crippen molar-refractivity contribution >= 4 is 23.2 Å². The van der Waals surface area contributed by atoms with Crippen LogP contribution in [0.3, 0.4) is 0 Å². The van der Waals surface area contributed by atoms with Crippen molar-refractivity contribution in [3.05, 3.63) is 33.3 Å². The number of carbonyl (C=O) groups is 1. The second kappa shape index (κ2) is 6.41. The predicted molar refractivity (Wildman–Crippen MR) is 97.2 cm³/mol. The Morgan fingerprint density at radius 1 is 1.27 bits per heavy atom. The van der Waals surface area contributed by atoms with E-state index in [2.05, 4.69) is 5.32 Å². The molecule has 5 rings (SSSR count). The highest BCUT2D eigenvalue weighted by Crippen LogP contribution is 2.55. The third-order valence-corrected chi connectivity index (χ3v) is 6.45. The van der Waals surface area contributed by atoms with E-state index in [-0.39, 0.29) is 27.9 Å². The van der Waals surface area contributed by atoms with Gasteiger partial charge >= 0.3 is 5.69 Å². The molecule has 26 heavy (non-hydrogen) atoms. The average molecular weight is 379 g/mol. The highest BCUT2D eigenvalue weighted by Gasteiger charge is 2.51. The van der Waals surface area contributed by atoms with Gasteiger partial charge in [-0.15, -0.1) is 0 Å². The number of nitrogens with zero attached hydrogens (tertiary/aromatic N) is 1. The lowest BCUT2D eigenvalue weighted by molar-refractivity contribution is -0.386. The largest absolute Gasteiger partial charge is 0.474 e. The molecule has 0 unspecified atom stereocenters. The van der Waals surface area contributed by atoms with Gasteiger partial charge in [0.05, 0.1) is 4.92 Å². The van der Waals surface area contributed by atoms with E-state index in [4.69, 9.17) is 16.3 Å². The Morgan fingerprint density at radius 2 is 1.85 bits per heavy atom. The zero-order valence-corrected chi connectivity index (χ0v) is 15.5. The molecule has 0 heterocycles. The molecule has 6 nitrogen and oxygen atoms in total. The van der Waals surface area contributed by atoms with E-state index in [0.717, 1.165) is 37.0 Å². The summed E-state index contributed by atoms with van der Waals surface area (Å²) in [5, 5.41) is 14.7. The van der Waals surface area contributed by atoms with Crippen LogP contribution in [0.15, 0.2) is 18.2 Å². The van der Waals surface area contributed by atoms with E-state index in [1.54, 1.807) is 6.92 Å². The van der Waals surface area contributed by atoms with Crippen LogP contribution in [0.5, 0.6) is 5.75 Å². The number of ether oxygens (including phenoxy) is 1. The van der Waals surface area contributed by atoms with Gasteiger partial charge in [-0.2, -0.15) is 0 Å². The number of nitro benzene ring substituents is 1. The molecule has 0 spiro atoms. The Balaban J connectivity index is 1.45. The van der Waals surface area contributed by atoms with E-state index < -0.39 is 11.0 Å². The monoisotopic (exact) mass is 378 g/mol. The standard InChI is InChI=1S/C19H23ClN2O4/c1-11(26-17-3-2-15(20)7-16(17)22(24)25)18(23)21-19-8-12-4-13(9-19)6-14(5-12)10-19/h2-3,7,11-14H,4-6,8-10H2,1H3,(H,21,23)/t11-,12?,13?,14?,19?/m0/s1. The van der Waals surface area contributed by atoms with Crippen LogP contribution in [0, 0.1) is 27.9 Å². The number of nitro groups is 1. The molecule has 140 valence electrons. The molecule has 4 fully saturated rings. The molecule has 4 bridgehead atoms. The lowest BCUT2D eigenvalue weighted by Crippen LogP contribution is -2.61. The first kappa shape index (κ1) is 17.6. The summed E-state index contributed by atoms with van der Waals surface area (Å²) in [4.78, 5) is 23.4. The van der Waals surface area contributed by atoms with Crippen molar-refractivity contribution < 1.29 is 14.5 Å². The second-order valence-corrected chi connectivity index (χ2v) is 8.75. The zero-order chi connectivity index (χ0) is 18.5.